The molecule has 0 fully saturated rings. The van der Waals surface area contributed by atoms with Crippen molar-refractivity contribution in [2.45, 2.75) is 33.5 Å². The summed E-state index contributed by atoms with van der Waals surface area (Å²) in [5.41, 5.74) is 4.40. The molecule has 36 heavy (non-hydrogen) atoms. The highest BCUT2D eigenvalue weighted by Crippen LogP contribution is 2.31. The molecule has 0 aliphatic rings. The van der Waals surface area contributed by atoms with Gasteiger partial charge in [0, 0.05) is 6.54 Å². The molecule has 0 atom stereocenters. The molecule has 0 spiro atoms. The zero-order valence-corrected chi connectivity index (χ0v) is 19.5. The van der Waals surface area contributed by atoms with Crippen molar-refractivity contribution in [3.8, 4) is 5.69 Å². The van der Waals surface area contributed by atoms with E-state index in [0.717, 1.165) is 12.1 Å². The van der Waals surface area contributed by atoms with E-state index in [1.54, 1.807) is 31.2 Å². The van der Waals surface area contributed by atoms with Gasteiger partial charge in [-0.05, 0) is 51.1 Å². The Labute approximate surface area is 202 Å². The minimum Gasteiger partial charge on any atom is -0.283 e. The number of amides is 1. The molecule has 4 aromatic rings. The predicted octanol–water partition coefficient (Wildman–Crippen LogP) is 3.56. The number of carbonyl (C=O) groups is 2. The Balaban J connectivity index is 1.60. The fourth-order valence-electron chi connectivity index (χ4n) is 3.88. The van der Waals surface area contributed by atoms with E-state index in [0.29, 0.717) is 10.9 Å². The molecule has 186 valence electrons. The average molecular weight is 498 g/mol. The summed E-state index contributed by atoms with van der Waals surface area (Å²) in [7, 11) is 0. The number of carbonyl (C=O) groups excluding carboxylic acids is 2. The summed E-state index contributed by atoms with van der Waals surface area (Å²) in [6.07, 6.45) is -4.55. The van der Waals surface area contributed by atoms with Crippen LogP contribution in [0.15, 0.2) is 53.3 Å². The van der Waals surface area contributed by atoms with Gasteiger partial charge in [0.05, 0.1) is 39.1 Å². The molecule has 0 radical (unpaired) electrons. The van der Waals surface area contributed by atoms with Gasteiger partial charge in [-0.25, -0.2) is 9.67 Å². The molecule has 0 aliphatic heterocycles. The van der Waals surface area contributed by atoms with Gasteiger partial charge >= 0.3 is 12.1 Å². The first-order valence-corrected chi connectivity index (χ1v) is 10.9. The van der Waals surface area contributed by atoms with Crippen molar-refractivity contribution >= 4 is 28.5 Å². The van der Waals surface area contributed by atoms with Crippen LogP contribution in [0.1, 0.15) is 34.2 Å². The van der Waals surface area contributed by atoms with Gasteiger partial charge in [0.25, 0.3) is 11.3 Å². The highest BCUT2D eigenvalue weighted by Gasteiger charge is 2.31. The number of benzene rings is 2. The number of aryl methyl sites for hydroxylation is 1. The van der Waals surface area contributed by atoms with Crippen molar-refractivity contribution in [3.63, 3.8) is 0 Å². The summed E-state index contributed by atoms with van der Waals surface area (Å²) in [4.78, 5) is 42.7. The molecule has 1 amide bonds. The molecule has 2 aromatic heterocycles. The maximum Gasteiger partial charge on any atom is 0.416 e. The number of nitrogens with zero attached hydrogens (tertiary/aromatic N) is 4. The Morgan fingerprint density at radius 3 is 2.47 bits per heavy atom. The Bertz CT molecular complexity index is 1560. The van der Waals surface area contributed by atoms with Gasteiger partial charge in [-0.1, -0.05) is 18.2 Å². The molecule has 9 nitrogen and oxygen atoms in total. The molecule has 2 heterocycles. The number of ketones is 1. The third-order valence-electron chi connectivity index (χ3n) is 5.61. The first-order chi connectivity index (χ1) is 17.0. The van der Waals surface area contributed by atoms with Crippen LogP contribution in [0.3, 0.4) is 0 Å². The lowest BCUT2D eigenvalue weighted by atomic mass is 10.1. The van der Waals surface area contributed by atoms with Crippen LogP contribution in [0.4, 0.5) is 19.1 Å². The number of hydrogen-bond donors (Lipinski definition) is 2. The van der Waals surface area contributed by atoms with Crippen molar-refractivity contribution in [1.82, 2.24) is 24.8 Å². The van der Waals surface area contributed by atoms with Crippen molar-refractivity contribution < 1.29 is 22.8 Å². The first kappa shape index (κ1) is 24.6. The predicted molar refractivity (Wildman–Crippen MR) is 126 cm³/mol. The molecule has 2 N–H and O–H groups in total. The smallest absolute Gasteiger partial charge is 0.283 e. The molecule has 0 bridgehead atoms. The van der Waals surface area contributed by atoms with Crippen LogP contribution in [0.5, 0.6) is 0 Å². The molecule has 0 aliphatic carbocycles. The minimum absolute atomic E-state index is 0.0375. The van der Waals surface area contributed by atoms with Gasteiger partial charge in [-0.15, -0.1) is 0 Å². The number of rotatable bonds is 6. The molecular formula is C24H21F3N6O3. The Kier molecular flexibility index (Phi) is 6.35. The SMILES string of the molecule is CCn1c(NNC(=O)C(=O)c2c(C)nn(-c3cccc(C(F)(F)F)c3)c2C)nc2ccccc2c1=O. The van der Waals surface area contributed by atoms with E-state index in [-0.39, 0.29) is 40.7 Å². The van der Waals surface area contributed by atoms with E-state index in [1.807, 2.05) is 0 Å². The van der Waals surface area contributed by atoms with Crippen molar-refractivity contribution in [1.29, 1.82) is 0 Å². The van der Waals surface area contributed by atoms with E-state index in [4.69, 9.17) is 0 Å². The van der Waals surface area contributed by atoms with Gasteiger partial charge in [-0.2, -0.15) is 18.3 Å². The maximum atomic E-state index is 13.1. The van der Waals surface area contributed by atoms with Crippen molar-refractivity contribution in [2.24, 2.45) is 0 Å². The van der Waals surface area contributed by atoms with Crippen LogP contribution in [0, 0.1) is 13.8 Å². The standard InChI is InChI=1S/C24H21F3N6O3/c1-4-32-22(36)17-10-5-6-11-18(17)28-23(32)30-29-21(35)20(34)19-13(2)31-33(14(19)3)16-9-7-8-15(12-16)24(25,26)27/h5-12H,4H2,1-3H3,(H,28,30)(H,29,35). The van der Waals surface area contributed by atoms with Crippen LogP contribution in [-0.4, -0.2) is 31.0 Å². The fraction of sp³-hybridized carbons (Fsp3) is 0.208. The number of halogens is 3. The number of alkyl halides is 3. The zero-order valence-electron chi connectivity index (χ0n) is 19.5. The molecule has 12 heteroatoms. The molecule has 2 aromatic carbocycles. The minimum atomic E-state index is -4.55. The lowest BCUT2D eigenvalue weighted by Crippen LogP contribution is -2.38. The first-order valence-electron chi connectivity index (χ1n) is 10.9. The second kappa shape index (κ2) is 9.29. The monoisotopic (exact) mass is 498 g/mol. The second-order valence-corrected chi connectivity index (χ2v) is 7.92. The number of aromatic nitrogens is 4. The Morgan fingerprint density at radius 2 is 1.78 bits per heavy atom. The van der Waals surface area contributed by atoms with E-state index in [1.165, 1.54) is 35.2 Å². The lowest BCUT2D eigenvalue weighted by molar-refractivity contribution is -0.137. The van der Waals surface area contributed by atoms with E-state index >= 15 is 0 Å². The van der Waals surface area contributed by atoms with Gasteiger partial charge in [0.15, 0.2) is 0 Å². The third kappa shape index (κ3) is 4.44. The zero-order chi connectivity index (χ0) is 26.2. The fourth-order valence-corrected chi connectivity index (χ4v) is 3.88. The van der Waals surface area contributed by atoms with Crippen LogP contribution >= 0.6 is 0 Å². The van der Waals surface area contributed by atoms with Crippen LogP contribution in [-0.2, 0) is 17.5 Å². The average Bonchev–Trinajstić information content (AvgIpc) is 3.15. The highest BCUT2D eigenvalue weighted by atomic mass is 19.4. The molecule has 0 saturated heterocycles. The van der Waals surface area contributed by atoms with E-state index in [2.05, 4.69) is 20.9 Å². The number of hydrazine groups is 1. The number of nitrogens with one attached hydrogen (secondary N) is 2. The summed E-state index contributed by atoms with van der Waals surface area (Å²) in [5, 5.41) is 4.57. The van der Waals surface area contributed by atoms with Crippen LogP contribution in [0.25, 0.3) is 16.6 Å². The number of hydrogen-bond acceptors (Lipinski definition) is 6. The summed E-state index contributed by atoms with van der Waals surface area (Å²) in [6, 6.07) is 11.2. The summed E-state index contributed by atoms with van der Waals surface area (Å²) >= 11 is 0. The summed E-state index contributed by atoms with van der Waals surface area (Å²) < 4.78 is 41.8. The quantitative estimate of drug-likeness (QED) is 0.239. The summed E-state index contributed by atoms with van der Waals surface area (Å²) in [5.74, 6) is -1.98. The topological polar surface area (TPSA) is 111 Å². The number of Topliss-reactive ketones (excluding diaryl/α,β-unsaturated/α-hetero) is 1. The van der Waals surface area contributed by atoms with Gasteiger partial charge < -0.3 is 0 Å². The number of fused-ring (bicyclic) bond motifs is 1. The van der Waals surface area contributed by atoms with Crippen LogP contribution < -0.4 is 16.4 Å². The van der Waals surface area contributed by atoms with Gasteiger partial charge in [0.1, 0.15) is 0 Å². The highest BCUT2D eigenvalue weighted by molar-refractivity contribution is 6.43. The second-order valence-electron chi connectivity index (χ2n) is 7.92. The Hall–Kier alpha value is -4.48. The normalized spacial score (nSPS) is 11.5. The van der Waals surface area contributed by atoms with E-state index in [9.17, 15) is 27.6 Å². The number of para-hydroxylation sites is 1. The summed E-state index contributed by atoms with van der Waals surface area (Å²) in [6.45, 7) is 4.94. The van der Waals surface area contributed by atoms with Gasteiger partial charge in [-0.3, -0.25) is 29.8 Å². The van der Waals surface area contributed by atoms with Crippen molar-refractivity contribution in [3.05, 3.63) is 81.4 Å². The molecule has 4 rings (SSSR count). The third-order valence-corrected chi connectivity index (χ3v) is 5.61. The lowest BCUT2D eigenvalue weighted by Gasteiger charge is -2.13. The molecule has 0 unspecified atom stereocenters. The molecular weight excluding hydrogens is 477 g/mol. The Morgan fingerprint density at radius 1 is 1.06 bits per heavy atom. The number of anilines is 1. The van der Waals surface area contributed by atoms with Crippen LogP contribution in [0.2, 0.25) is 0 Å². The van der Waals surface area contributed by atoms with Crippen molar-refractivity contribution in [2.75, 3.05) is 5.43 Å². The maximum absolute atomic E-state index is 13.1. The largest absolute Gasteiger partial charge is 0.416 e. The van der Waals surface area contributed by atoms with Gasteiger partial charge in [0.2, 0.25) is 5.95 Å². The molecule has 0 saturated carbocycles. The van der Waals surface area contributed by atoms with E-state index < -0.39 is 23.4 Å².